The van der Waals surface area contributed by atoms with Crippen LogP contribution in [0.15, 0.2) is 11.6 Å². The van der Waals surface area contributed by atoms with Gasteiger partial charge in [-0.25, -0.2) is 0 Å². The number of carbonyl (C=O) groups is 1. The fourth-order valence-corrected chi connectivity index (χ4v) is 1.92. The largest absolute Gasteiger partial charge is 0.303 e. The summed E-state index contributed by atoms with van der Waals surface area (Å²) in [6.45, 7) is 11.0. The summed E-state index contributed by atoms with van der Waals surface area (Å²) in [7, 11) is 0. The van der Waals surface area contributed by atoms with E-state index < -0.39 is 0 Å². The van der Waals surface area contributed by atoms with Crippen LogP contribution in [0.1, 0.15) is 60.3 Å². The second-order valence-corrected chi connectivity index (χ2v) is 5.15. The maximum absolute atomic E-state index is 10.7. The Bertz CT molecular complexity index is 213. The summed E-state index contributed by atoms with van der Waals surface area (Å²) in [6, 6.07) is 0. The van der Waals surface area contributed by atoms with Crippen LogP contribution in [0.4, 0.5) is 0 Å². The number of rotatable bonds is 7. The topological polar surface area (TPSA) is 17.1 Å². The van der Waals surface area contributed by atoms with E-state index in [1.807, 2.05) is 0 Å². The lowest BCUT2D eigenvalue weighted by molar-refractivity contribution is -0.110. The smallest absolute Gasteiger partial charge is 0.120 e. The molecule has 1 heteroatoms. The molecule has 0 aromatic rings. The van der Waals surface area contributed by atoms with Crippen molar-refractivity contribution < 1.29 is 4.79 Å². The van der Waals surface area contributed by atoms with E-state index in [1.54, 1.807) is 0 Å². The summed E-state index contributed by atoms with van der Waals surface area (Å²) in [5.41, 5.74) is 1.55. The zero-order chi connectivity index (χ0) is 11.9. The van der Waals surface area contributed by atoms with Gasteiger partial charge in [-0.2, -0.15) is 0 Å². The van der Waals surface area contributed by atoms with E-state index in [1.165, 1.54) is 5.57 Å². The average molecular weight is 210 g/mol. The van der Waals surface area contributed by atoms with Crippen LogP contribution in [0.3, 0.4) is 0 Å². The monoisotopic (exact) mass is 210 g/mol. The summed E-state index contributed by atoms with van der Waals surface area (Å²) in [6.07, 6.45) is 7.40. The van der Waals surface area contributed by atoms with E-state index in [4.69, 9.17) is 0 Å². The van der Waals surface area contributed by atoms with Crippen molar-refractivity contribution in [2.24, 2.45) is 11.3 Å². The van der Waals surface area contributed by atoms with Gasteiger partial charge in [0.05, 0.1) is 0 Å². The molecule has 0 aromatic heterocycles. The maximum Gasteiger partial charge on any atom is 0.120 e. The lowest BCUT2D eigenvalue weighted by Crippen LogP contribution is -2.25. The van der Waals surface area contributed by atoms with E-state index >= 15 is 0 Å². The van der Waals surface area contributed by atoms with Crippen LogP contribution in [0.25, 0.3) is 0 Å². The molecule has 0 fully saturated rings. The Morgan fingerprint density at radius 2 is 2.00 bits per heavy atom. The fraction of sp³-hybridized carbons (Fsp3) is 0.786. The number of carbonyl (C=O) groups excluding carboxylic acids is 1. The van der Waals surface area contributed by atoms with E-state index in [0.29, 0.717) is 12.3 Å². The summed E-state index contributed by atoms with van der Waals surface area (Å²) in [4.78, 5) is 10.7. The molecule has 88 valence electrons. The molecule has 0 aliphatic carbocycles. The van der Waals surface area contributed by atoms with Gasteiger partial charge in [0.2, 0.25) is 0 Å². The molecule has 0 aliphatic rings. The summed E-state index contributed by atoms with van der Waals surface area (Å²) < 4.78 is 0. The molecular formula is C14H26O. The van der Waals surface area contributed by atoms with Crippen LogP contribution in [0.2, 0.25) is 0 Å². The van der Waals surface area contributed by atoms with Crippen LogP contribution in [-0.2, 0) is 4.79 Å². The number of allylic oxidation sites excluding steroid dienone is 2. The third kappa shape index (κ3) is 5.15. The van der Waals surface area contributed by atoms with Crippen LogP contribution in [0, 0.1) is 11.3 Å². The zero-order valence-electron chi connectivity index (χ0n) is 11.0. The van der Waals surface area contributed by atoms with Gasteiger partial charge < -0.3 is 4.79 Å². The standard InChI is InChI=1S/C14H26O/c1-6-13(4)14(5,10-11-15)9-7-8-12(2)3/h8,11,13H,6-7,9-10H2,1-5H3/t13?,14-/m1/s1. The molecule has 1 nitrogen and oxygen atoms in total. The second kappa shape index (κ2) is 6.81. The van der Waals surface area contributed by atoms with E-state index in [2.05, 4.69) is 40.7 Å². The summed E-state index contributed by atoms with van der Waals surface area (Å²) >= 11 is 0. The SMILES string of the molecule is CCC(C)[C@@](C)(CC=O)CCC=C(C)C. The Balaban J connectivity index is 4.37. The molecule has 2 atom stereocenters. The van der Waals surface area contributed by atoms with Crippen molar-refractivity contribution in [1.82, 2.24) is 0 Å². The number of hydrogen-bond donors (Lipinski definition) is 0. The molecule has 0 aromatic carbocycles. The average Bonchev–Trinajstić information content (AvgIpc) is 2.16. The molecule has 0 bridgehead atoms. The van der Waals surface area contributed by atoms with Crippen LogP contribution in [-0.4, -0.2) is 6.29 Å². The van der Waals surface area contributed by atoms with Crippen molar-refractivity contribution in [2.75, 3.05) is 0 Å². The maximum atomic E-state index is 10.7. The van der Waals surface area contributed by atoms with Gasteiger partial charge in [0.15, 0.2) is 0 Å². The van der Waals surface area contributed by atoms with Crippen molar-refractivity contribution in [3.63, 3.8) is 0 Å². The lowest BCUT2D eigenvalue weighted by atomic mass is 9.71. The third-order valence-electron chi connectivity index (χ3n) is 3.62. The van der Waals surface area contributed by atoms with Gasteiger partial charge in [-0.1, -0.05) is 38.8 Å². The molecule has 0 spiro atoms. The first-order valence-electron chi connectivity index (χ1n) is 6.03. The highest BCUT2D eigenvalue weighted by molar-refractivity contribution is 5.50. The van der Waals surface area contributed by atoms with Gasteiger partial charge >= 0.3 is 0 Å². The summed E-state index contributed by atoms with van der Waals surface area (Å²) in [5.74, 6) is 0.619. The Morgan fingerprint density at radius 3 is 2.40 bits per heavy atom. The van der Waals surface area contributed by atoms with Gasteiger partial charge in [-0.05, 0) is 38.0 Å². The molecule has 15 heavy (non-hydrogen) atoms. The molecular weight excluding hydrogens is 184 g/mol. The Kier molecular flexibility index (Phi) is 6.55. The van der Waals surface area contributed by atoms with Crippen molar-refractivity contribution >= 4 is 6.29 Å². The van der Waals surface area contributed by atoms with Crippen molar-refractivity contribution in [3.05, 3.63) is 11.6 Å². The second-order valence-electron chi connectivity index (χ2n) is 5.15. The van der Waals surface area contributed by atoms with Gasteiger partial charge in [0.25, 0.3) is 0 Å². The quantitative estimate of drug-likeness (QED) is 0.450. The third-order valence-corrected chi connectivity index (χ3v) is 3.62. The minimum absolute atomic E-state index is 0.183. The van der Waals surface area contributed by atoms with Crippen molar-refractivity contribution in [3.8, 4) is 0 Å². The molecule has 0 radical (unpaired) electrons. The lowest BCUT2D eigenvalue weighted by Gasteiger charge is -2.33. The van der Waals surface area contributed by atoms with Gasteiger partial charge in [0, 0.05) is 6.42 Å². The molecule has 0 saturated heterocycles. The number of hydrogen-bond acceptors (Lipinski definition) is 1. The molecule has 0 amide bonds. The summed E-state index contributed by atoms with van der Waals surface area (Å²) in [5, 5.41) is 0. The van der Waals surface area contributed by atoms with E-state index in [-0.39, 0.29) is 5.41 Å². The normalized spacial score (nSPS) is 16.6. The molecule has 0 saturated carbocycles. The molecule has 1 unspecified atom stereocenters. The van der Waals surface area contributed by atoms with Gasteiger partial charge in [-0.3, -0.25) is 0 Å². The highest BCUT2D eigenvalue weighted by atomic mass is 16.1. The van der Waals surface area contributed by atoms with Gasteiger partial charge in [0.1, 0.15) is 6.29 Å². The molecule has 0 heterocycles. The van der Waals surface area contributed by atoms with Gasteiger partial charge in [-0.15, -0.1) is 0 Å². The minimum Gasteiger partial charge on any atom is -0.303 e. The first-order valence-corrected chi connectivity index (χ1v) is 6.03. The van der Waals surface area contributed by atoms with Crippen LogP contribution >= 0.6 is 0 Å². The Labute approximate surface area is 95.0 Å². The van der Waals surface area contributed by atoms with Crippen molar-refractivity contribution in [1.29, 1.82) is 0 Å². The molecule has 0 rings (SSSR count). The van der Waals surface area contributed by atoms with Crippen molar-refractivity contribution in [2.45, 2.75) is 60.3 Å². The predicted molar refractivity (Wildman–Crippen MR) is 66.9 cm³/mol. The van der Waals surface area contributed by atoms with E-state index in [0.717, 1.165) is 25.5 Å². The Morgan fingerprint density at radius 1 is 1.40 bits per heavy atom. The highest BCUT2D eigenvalue weighted by Gasteiger charge is 2.28. The zero-order valence-corrected chi connectivity index (χ0v) is 11.0. The first kappa shape index (κ1) is 14.4. The van der Waals surface area contributed by atoms with Crippen LogP contribution < -0.4 is 0 Å². The van der Waals surface area contributed by atoms with E-state index in [9.17, 15) is 4.79 Å². The number of aldehydes is 1. The molecule has 0 N–H and O–H groups in total. The predicted octanol–water partition coefficient (Wildman–Crippen LogP) is 4.37. The fourth-order valence-electron chi connectivity index (χ4n) is 1.92. The van der Waals surface area contributed by atoms with Crippen LogP contribution in [0.5, 0.6) is 0 Å². The minimum atomic E-state index is 0.183. The first-order chi connectivity index (χ1) is 6.96. The Hall–Kier alpha value is -0.590. The molecule has 0 aliphatic heterocycles. The highest BCUT2D eigenvalue weighted by Crippen LogP contribution is 2.37.